The summed E-state index contributed by atoms with van der Waals surface area (Å²) in [4.78, 5) is 8.06. The van der Waals surface area contributed by atoms with E-state index in [1.807, 2.05) is 24.3 Å². The molecule has 0 aliphatic carbocycles. The van der Waals surface area contributed by atoms with Gasteiger partial charge >= 0.3 is 0 Å². The van der Waals surface area contributed by atoms with Gasteiger partial charge in [-0.1, -0.05) is 24.3 Å². The fourth-order valence-corrected chi connectivity index (χ4v) is 1.85. The summed E-state index contributed by atoms with van der Waals surface area (Å²) in [6.45, 7) is 1.20. The molecule has 3 N–H and O–H groups in total. The Morgan fingerprint density at radius 2 is 1.90 bits per heavy atom. The number of rotatable bonds is 6. The second-order valence-electron chi connectivity index (χ2n) is 4.21. The van der Waals surface area contributed by atoms with Crippen LogP contribution in [0.15, 0.2) is 30.3 Å². The highest BCUT2D eigenvalue weighted by molar-refractivity contribution is 5.44. The SMILES string of the molecule is COCc1ccccc1CNc1cc(OC)nc(N)n1. The topological polar surface area (TPSA) is 82.3 Å². The van der Waals surface area contributed by atoms with Crippen molar-refractivity contribution in [1.29, 1.82) is 0 Å². The fourth-order valence-electron chi connectivity index (χ4n) is 1.85. The van der Waals surface area contributed by atoms with Crippen LogP contribution in [-0.4, -0.2) is 24.2 Å². The summed E-state index contributed by atoms with van der Waals surface area (Å²) in [7, 11) is 3.22. The number of hydrogen-bond donors (Lipinski definition) is 2. The van der Waals surface area contributed by atoms with Crippen LogP contribution in [0.1, 0.15) is 11.1 Å². The van der Waals surface area contributed by atoms with Crippen LogP contribution in [0.2, 0.25) is 0 Å². The van der Waals surface area contributed by atoms with E-state index in [4.69, 9.17) is 15.2 Å². The zero-order valence-electron chi connectivity index (χ0n) is 11.6. The molecule has 0 spiro atoms. The van der Waals surface area contributed by atoms with Crippen molar-refractivity contribution in [3.05, 3.63) is 41.5 Å². The molecule has 6 nitrogen and oxygen atoms in total. The molecule has 1 aromatic carbocycles. The van der Waals surface area contributed by atoms with Gasteiger partial charge in [0.2, 0.25) is 11.8 Å². The highest BCUT2D eigenvalue weighted by atomic mass is 16.5. The van der Waals surface area contributed by atoms with E-state index in [0.29, 0.717) is 24.8 Å². The molecule has 2 aromatic rings. The maximum Gasteiger partial charge on any atom is 0.225 e. The predicted octanol–water partition coefficient (Wildman–Crippen LogP) is 1.83. The summed E-state index contributed by atoms with van der Waals surface area (Å²) in [5.41, 5.74) is 7.90. The molecule has 106 valence electrons. The molecule has 2 rings (SSSR count). The summed E-state index contributed by atoms with van der Waals surface area (Å²) < 4.78 is 10.2. The molecule has 0 saturated carbocycles. The average molecular weight is 274 g/mol. The van der Waals surface area contributed by atoms with Gasteiger partial charge in [-0.25, -0.2) is 0 Å². The molecule has 0 fully saturated rings. The van der Waals surface area contributed by atoms with Crippen LogP contribution in [0.5, 0.6) is 5.88 Å². The molecule has 0 bridgehead atoms. The Morgan fingerprint density at radius 1 is 1.15 bits per heavy atom. The van der Waals surface area contributed by atoms with Crippen LogP contribution in [-0.2, 0) is 17.9 Å². The van der Waals surface area contributed by atoms with Crippen molar-refractivity contribution in [3.63, 3.8) is 0 Å². The van der Waals surface area contributed by atoms with E-state index in [1.54, 1.807) is 20.3 Å². The lowest BCUT2D eigenvalue weighted by Crippen LogP contribution is -2.07. The van der Waals surface area contributed by atoms with Crippen molar-refractivity contribution in [3.8, 4) is 5.88 Å². The van der Waals surface area contributed by atoms with Gasteiger partial charge in [-0.05, 0) is 11.1 Å². The van der Waals surface area contributed by atoms with Crippen LogP contribution in [0.25, 0.3) is 0 Å². The van der Waals surface area contributed by atoms with Crippen LogP contribution < -0.4 is 15.8 Å². The number of benzene rings is 1. The number of nitrogens with two attached hydrogens (primary N) is 1. The molecule has 0 radical (unpaired) electrons. The molecule has 0 saturated heterocycles. The van der Waals surface area contributed by atoms with Gasteiger partial charge in [0.25, 0.3) is 0 Å². The quantitative estimate of drug-likeness (QED) is 0.836. The Kier molecular flexibility index (Phi) is 4.73. The molecular weight excluding hydrogens is 256 g/mol. The average Bonchev–Trinajstić information content (AvgIpc) is 2.46. The number of anilines is 2. The maximum atomic E-state index is 5.62. The standard InChI is InChI=1S/C14H18N4O2/c1-19-9-11-6-4-3-5-10(11)8-16-12-7-13(20-2)18-14(15)17-12/h3-7H,8-9H2,1-2H3,(H3,15,16,17,18). The normalized spacial score (nSPS) is 10.3. The number of nitrogens with zero attached hydrogens (tertiary/aromatic N) is 2. The van der Waals surface area contributed by atoms with Crippen molar-refractivity contribution in [2.75, 3.05) is 25.3 Å². The van der Waals surface area contributed by atoms with Gasteiger partial charge in [0, 0.05) is 19.7 Å². The van der Waals surface area contributed by atoms with E-state index in [9.17, 15) is 0 Å². The Bertz CT molecular complexity index is 575. The number of nitrogen functional groups attached to an aromatic ring is 1. The van der Waals surface area contributed by atoms with Gasteiger partial charge in [0.05, 0.1) is 13.7 Å². The van der Waals surface area contributed by atoms with Gasteiger partial charge in [-0.2, -0.15) is 9.97 Å². The monoisotopic (exact) mass is 274 g/mol. The molecule has 0 aliphatic heterocycles. The summed E-state index contributed by atoms with van der Waals surface area (Å²) in [5, 5.41) is 3.21. The zero-order valence-corrected chi connectivity index (χ0v) is 11.6. The number of aromatic nitrogens is 2. The van der Waals surface area contributed by atoms with Gasteiger partial charge in [0.1, 0.15) is 5.82 Å². The molecule has 0 aliphatic rings. The van der Waals surface area contributed by atoms with Crippen LogP contribution in [0, 0.1) is 0 Å². The lowest BCUT2D eigenvalue weighted by Gasteiger charge is -2.11. The Hall–Kier alpha value is -2.34. The third kappa shape index (κ3) is 3.58. The van der Waals surface area contributed by atoms with E-state index in [0.717, 1.165) is 11.1 Å². The predicted molar refractivity (Wildman–Crippen MR) is 77.5 cm³/mol. The number of methoxy groups -OCH3 is 2. The number of hydrogen-bond acceptors (Lipinski definition) is 6. The van der Waals surface area contributed by atoms with Crippen LogP contribution >= 0.6 is 0 Å². The largest absolute Gasteiger partial charge is 0.481 e. The van der Waals surface area contributed by atoms with Crippen molar-refractivity contribution in [1.82, 2.24) is 9.97 Å². The van der Waals surface area contributed by atoms with E-state index < -0.39 is 0 Å². The number of nitrogens with one attached hydrogen (secondary N) is 1. The Balaban J connectivity index is 2.10. The third-order valence-electron chi connectivity index (χ3n) is 2.81. The summed E-state index contributed by atoms with van der Waals surface area (Å²) >= 11 is 0. The lowest BCUT2D eigenvalue weighted by atomic mass is 10.1. The first-order valence-corrected chi connectivity index (χ1v) is 6.21. The summed E-state index contributed by atoms with van der Waals surface area (Å²) in [6.07, 6.45) is 0. The van der Waals surface area contributed by atoms with Gasteiger partial charge in [-0.15, -0.1) is 0 Å². The van der Waals surface area contributed by atoms with E-state index in [2.05, 4.69) is 15.3 Å². The Morgan fingerprint density at radius 3 is 2.60 bits per heavy atom. The first-order chi connectivity index (χ1) is 9.72. The molecule has 6 heteroatoms. The highest BCUT2D eigenvalue weighted by Crippen LogP contribution is 2.16. The molecular formula is C14H18N4O2. The molecule has 0 unspecified atom stereocenters. The van der Waals surface area contributed by atoms with Crippen molar-refractivity contribution < 1.29 is 9.47 Å². The summed E-state index contributed by atoms with van der Waals surface area (Å²) in [5.74, 6) is 1.24. The molecule has 1 heterocycles. The second-order valence-corrected chi connectivity index (χ2v) is 4.21. The molecule has 0 atom stereocenters. The van der Waals surface area contributed by atoms with Crippen molar-refractivity contribution in [2.24, 2.45) is 0 Å². The number of ether oxygens (including phenoxy) is 2. The summed E-state index contributed by atoms with van der Waals surface area (Å²) in [6, 6.07) is 9.77. The first-order valence-electron chi connectivity index (χ1n) is 6.21. The Labute approximate surface area is 118 Å². The van der Waals surface area contributed by atoms with Gasteiger partial charge in [-0.3, -0.25) is 0 Å². The smallest absolute Gasteiger partial charge is 0.225 e. The minimum atomic E-state index is 0.178. The zero-order chi connectivity index (χ0) is 14.4. The van der Waals surface area contributed by atoms with Crippen LogP contribution in [0.4, 0.5) is 11.8 Å². The molecule has 1 aromatic heterocycles. The van der Waals surface area contributed by atoms with E-state index in [-0.39, 0.29) is 5.95 Å². The van der Waals surface area contributed by atoms with Crippen molar-refractivity contribution >= 4 is 11.8 Å². The molecule has 20 heavy (non-hydrogen) atoms. The maximum absolute atomic E-state index is 5.62. The molecule has 0 amide bonds. The van der Waals surface area contributed by atoms with Crippen molar-refractivity contribution in [2.45, 2.75) is 13.2 Å². The van der Waals surface area contributed by atoms with Crippen LogP contribution in [0.3, 0.4) is 0 Å². The highest BCUT2D eigenvalue weighted by Gasteiger charge is 2.04. The second kappa shape index (κ2) is 6.72. The minimum absolute atomic E-state index is 0.178. The minimum Gasteiger partial charge on any atom is -0.481 e. The van der Waals surface area contributed by atoms with Gasteiger partial charge < -0.3 is 20.5 Å². The van der Waals surface area contributed by atoms with E-state index in [1.165, 1.54) is 0 Å². The van der Waals surface area contributed by atoms with Gasteiger partial charge in [0.15, 0.2) is 0 Å². The van der Waals surface area contributed by atoms with E-state index >= 15 is 0 Å². The third-order valence-corrected chi connectivity index (χ3v) is 2.81. The first kappa shape index (κ1) is 14.1. The fraction of sp³-hybridized carbons (Fsp3) is 0.286. The lowest BCUT2D eigenvalue weighted by molar-refractivity contribution is 0.184.